The van der Waals surface area contributed by atoms with Crippen molar-refractivity contribution in [3.8, 4) is 5.75 Å². The minimum Gasteiger partial charge on any atom is -0.497 e. The summed E-state index contributed by atoms with van der Waals surface area (Å²) in [6.45, 7) is 4.12. The lowest BCUT2D eigenvalue weighted by molar-refractivity contribution is 0.403. The average Bonchev–Trinajstić information content (AvgIpc) is 2.29. The Morgan fingerprint density at radius 2 is 2.12 bits per heavy atom. The second kappa shape index (κ2) is 6.03. The van der Waals surface area contributed by atoms with Crippen LogP contribution < -0.4 is 15.8 Å². The maximum absolute atomic E-state index is 6.02. The van der Waals surface area contributed by atoms with E-state index in [2.05, 4.69) is 31.3 Å². The van der Waals surface area contributed by atoms with Crippen LogP contribution in [0.5, 0.6) is 5.75 Å². The molecule has 96 valence electrons. The standard InChI is InChI=1S/C14H24N2O/c1-14(2,15)9-8-13(16-3)11-6-5-7-12(10-11)17-4/h5-7,10,13,16H,8-9,15H2,1-4H3. The first-order valence-corrected chi connectivity index (χ1v) is 6.06. The average molecular weight is 236 g/mol. The lowest BCUT2D eigenvalue weighted by Crippen LogP contribution is -2.33. The minimum atomic E-state index is -0.117. The first kappa shape index (κ1) is 14.0. The number of ether oxygens (including phenoxy) is 1. The topological polar surface area (TPSA) is 47.3 Å². The van der Waals surface area contributed by atoms with Crippen molar-refractivity contribution in [2.24, 2.45) is 5.73 Å². The summed E-state index contributed by atoms with van der Waals surface area (Å²) < 4.78 is 5.24. The molecule has 0 heterocycles. The van der Waals surface area contributed by atoms with Crippen LogP contribution in [-0.2, 0) is 0 Å². The number of rotatable bonds is 6. The van der Waals surface area contributed by atoms with E-state index in [1.807, 2.05) is 19.2 Å². The van der Waals surface area contributed by atoms with E-state index >= 15 is 0 Å². The second-order valence-corrected chi connectivity index (χ2v) is 5.15. The van der Waals surface area contributed by atoms with Crippen molar-refractivity contribution in [2.75, 3.05) is 14.2 Å². The van der Waals surface area contributed by atoms with E-state index in [0.717, 1.165) is 18.6 Å². The summed E-state index contributed by atoms with van der Waals surface area (Å²) in [7, 11) is 3.67. The molecule has 3 nitrogen and oxygen atoms in total. The highest BCUT2D eigenvalue weighted by molar-refractivity contribution is 5.30. The second-order valence-electron chi connectivity index (χ2n) is 5.15. The minimum absolute atomic E-state index is 0.117. The largest absolute Gasteiger partial charge is 0.497 e. The van der Waals surface area contributed by atoms with E-state index in [-0.39, 0.29) is 5.54 Å². The lowest BCUT2D eigenvalue weighted by atomic mass is 9.93. The fourth-order valence-electron chi connectivity index (χ4n) is 1.85. The molecule has 1 aromatic rings. The molecule has 0 aromatic heterocycles. The number of nitrogens with one attached hydrogen (secondary N) is 1. The molecule has 0 radical (unpaired) electrons. The van der Waals surface area contributed by atoms with Gasteiger partial charge < -0.3 is 15.8 Å². The van der Waals surface area contributed by atoms with Crippen LogP contribution in [0.1, 0.15) is 38.3 Å². The Morgan fingerprint density at radius 1 is 1.41 bits per heavy atom. The molecule has 3 N–H and O–H groups in total. The van der Waals surface area contributed by atoms with E-state index in [1.165, 1.54) is 5.56 Å². The third-order valence-corrected chi connectivity index (χ3v) is 2.92. The zero-order valence-corrected chi connectivity index (χ0v) is 11.3. The molecule has 1 rings (SSSR count). The Morgan fingerprint density at radius 3 is 2.65 bits per heavy atom. The molecule has 1 atom stereocenters. The molecule has 1 aromatic carbocycles. The monoisotopic (exact) mass is 236 g/mol. The van der Waals surface area contributed by atoms with Crippen molar-refractivity contribution in [3.05, 3.63) is 29.8 Å². The molecule has 17 heavy (non-hydrogen) atoms. The van der Waals surface area contributed by atoms with E-state index in [4.69, 9.17) is 10.5 Å². The fraction of sp³-hybridized carbons (Fsp3) is 0.571. The Bertz CT molecular complexity index is 344. The van der Waals surface area contributed by atoms with Crippen LogP contribution >= 0.6 is 0 Å². The lowest BCUT2D eigenvalue weighted by Gasteiger charge is -2.23. The molecule has 0 spiro atoms. The van der Waals surface area contributed by atoms with Crippen LogP contribution in [0.15, 0.2) is 24.3 Å². The summed E-state index contributed by atoms with van der Waals surface area (Å²) in [5.74, 6) is 0.898. The molecule has 1 unspecified atom stereocenters. The van der Waals surface area contributed by atoms with Gasteiger partial charge in [-0.2, -0.15) is 0 Å². The smallest absolute Gasteiger partial charge is 0.119 e. The summed E-state index contributed by atoms with van der Waals surface area (Å²) in [6.07, 6.45) is 2.00. The Hall–Kier alpha value is -1.06. The molecular weight excluding hydrogens is 212 g/mol. The summed E-state index contributed by atoms with van der Waals surface area (Å²) in [6, 6.07) is 8.50. The highest BCUT2D eigenvalue weighted by atomic mass is 16.5. The molecule has 0 aliphatic heterocycles. The van der Waals surface area contributed by atoms with Crippen molar-refractivity contribution < 1.29 is 4.74 Å². The molecule has 0 saturated carbocycles. The van der Waals surface area contributed by atoms with Crippen LogP contribution in [0.2, 0.25) is 0 Å². The van der Waals surface area contributed by atoms with Gasteiger partial charge in [0.15, 0.2) is 0 Å². The van der Waals surface area contributed by atoms with Gasteiger partial charge in [-0.15, -0.1) is 0 Å². The van der Waals surface area contributed by atoms with Gasteiger partial charge in [0, 0.05) is 11.6 Å². The normalized spacial score (nSPS) is 13.5. The molecule has 0 aliphatic rings. The van der Waals surface area contributed by atoms with Crippen LogP contribution in [0, 0.1) is 0 Å². The van der Waals surface area contributed by atoms with Crippen molar-refractivity contribution in [1.29, 1.82) is 0 Å². The zero-order chi connectivity index (χ0) is 12.9. The van der Waals surface area contributed by atoms with E-state index in [9.17, 15) is 0 Å². The van der Waals surface area contributed by atoms with Gasteiger partial charge in [0.05, 0.1) is 7.11 Å². The molecule has 0 bridgehead atoms. The summed E-state index contributed by atoms with van der Waals surface area (Å²) in [5.41, 5.74) is 7.15. The number of methoxy groups -OCH3 is 1. The van der Waals surface area contributed by atoms with Crippen LogP contribution in [-0.4, -0.2) is 19.7 Å². The van der Waals surface area contributed by atoms with Gasteiger partial charge in [-0.05, 0) is 51.4 Å². The molecule has 0 amide bonds. The summed E-state index contributed by atoms with van der Waals surface area (Å²) in [4.78, 5) is 0. The number of hydrogen-bond acceptors (Lipinski definition) is 3. The summed E-state index contributed by atoms with van der Waals surface area (Å²) >= 11 is 0. The third-order valence-electron chi connectivity index (χ3n) is 2.92. The van der Waals surface area contributed by atoms with Crippen molar-refractivity contribution in [1.82, 2.24) is 5.32 Å². The maximum atomic E-state index is 6.02. The predicted molar refractivity (Wildman–Crippen MR) is 72.3 cm³/mol. The summed E-state index contributed by atoms with van der Waals surface area (Å²) in [5, 5.41) is 3.33. The molecule has 3 heteroatoms. The SMILES string of the molecule is CNC(CCC(C)(C)N)c1cccc(OC)c1. The van der Waals surface area contributed by atoms with Crippen molar-refractivity contribution >= 4 is 0 Å². The molecular formula is C14H24N2O. The zero-order valence-electron chi connectivity index (χ0n) is 11.3. The van der Waals surface area contributed by atoms with Gasteiger partial charge in [-0.25, -0.2) is 0 Å². The van der Waals surface area contributed by atoms with Gasteiger partial charge in [-0.3, -0.25) is 0 Å². The molecule has 0 aliphatic carbocycles. The predicted octanol–water partition coefficient (Wildman–Crippen LogP) is 2.47. The molecule has 0 fully saturated rings. The van der Waals surface area contributed by atoms with Crippen LogP contribution in [0.25, 0.3) is 0 Å². The third kappa shape index (κ3) is 4.75. The number of hydrogen-bond donors (Lipinski definition) is 2. The van der Waals surface area contributed by atoms with Crippen molar-refractivity contribution in [3.63, 3.8) is 0 Å². The first-order valence-electron chi connectivity index (χ1n) is 6.06. The number of nitrogens with two attached hydrogens (primary N) is 1. The quantitative estimate of drug-likeness (QED) is 0.797. The van der Waals surface area contributed by atoms with Gasteiger partial charge in [-0.1, -0.05) is 12.1 Å². The van der Waals surface area contributed by atoms with Gasteiger partial charge in [0.25, 0.3) is 0 Å². The Labute approximate surface area is 104 Å². The Balaban J connectivity index is 2.72. The van der Waals surface area contributed by atoms with E-state index in [1.54, 1.807) is 7.11 Å². The highest BCUT2D eigenvalue weighted by Gasteiger charge is 2.16. The fourth-order valence-corrected chi connectivity index (χ4v) is 1.85. The molecule has 0 saturated heterocycles. The van der Waals surface area contributed by atoms with Gasteiger partial charge in [0.2, 0.25) is 0 Å². The van der Waals surface area contributed by atoms with E-state index < -0.39 is 0 Å². The highest BCUT2D eigenvalue weighted by Crippen LogP contribution is 2.24. The van der Waals surface area contributed by atoms with Crippen LogP contribution in [0.3, 0.4) is 0 Å². The number of benzene rings is 1. The van der Waals surface area contributed by atoms with Gasteiger partial charge >= 0.3 is 0 Å². The van der Waals surface area contributed by atoms with Crippen molar-refractivity contribution in [2.45, 2.75) is 38.3 Å². The van der Waals surface area contributed by atoms with Gasteiger partial charge in [0.1, 0.15) is 5.75 Å². The van der Waals surface area contributed by atoms with E-state index in [0.29, 0.717) is 6.04 Å². The Kier molecular flexibility index (Phi) is 4.97. The first-order chi connectivity index (χ1) is 7.96. The van der Waals surface area contributed by atoms with Crippen LogP contribution in [0.4, 0.5) is 0 Å². The maximum Gasteiger partial charge on any atom is 0.119 e.